The Hall–Kier alpha value is -0.660. The summed E-state index contributed by atoms with van der Waals surface area (Å²) in [6, 6.07) is 0.844. The van der Waals surface area contributed by atoms with E-state index in [0.29, 0.717) is 0 Å². The van der Waals surface area contributed by atoms with E-state index < -0.39 is 0 Å². The third kappa shape index (κ3) is 2.65. The van der Waals surface area contributed by atoms with Crippen molar-refractivity contribution in [3.05, 3.63) is 11.4 Å². The van der Waals surface area contributed by atoms with E-state index in [1.807, 2.05) is 0 Å². The van der Waals surface area contributed by atoms with E-state index in [1.165, 1.54) is 50.6 Å². The highest BCUT2D eigenvalue weighted by molar-refractivity contribution is 5.19. The number of nitrogens with zero attached hydrogens (tertiary/aromatic N) is 1. The van der Waals surface area contributed by atoms with Crippen LogP contribution in [0.1, 0.15) is 90.9 Å². The number of hydrogen-bond acceptors (Lipinski definition) is 2. The molecule has 7 atom stereocenters. The summed E-state index contributed by atoms with van der Waals surface area (Å²) in [7, 11) is 0. The fraction of sp³-hybridized carbons (Fsp3) is 0.917. The van der Waals surface area contributed by atoms with Crippen molar-refractivity contribution in [1.29, 1.82) is 0 Å². The summed E-state index contributed by atoms with van der Waals surface area (Å²) in [5, 5.41) is 3.73. The second-order valence-electron chi connectivity index (χ2n) is 10.1. The molecule has 1 aliphatic heterocycles. The van der Waals surface area contributed by atoms with Crippen molar-refractivity contribution in [2.45, 2.75) is 96.9 Å². The number of allylic oxidation sites excluding steroid dienone is 2. The lowest BCUT2D eigenvalue weighted by atomic mass is 9.53. The van der Waals surface area contributed by atoms with Crippen LogP contribution >= 0.6 is 0 Å². The summed E-state index contributed by atoms with van der Waals surface area (Å²) in [6.07, 6.45) is 17.8. The van der Waals surface area contributed by atoms with Crippen molar-refractivity contribution >= 4 is 0 Å². The minimum Gasteiger partial charge on any atom is -0.370 e. The Bertz CT molecular complexity index is 552. The van der Waals surface area contributed by atoms with E-state index in [-0.39, 0.29) is 0 Å². The van der Waals surface area contributed by atoms with Gasteiger partial charge in [-0.2, -0.15) is 0 Å². The van der Waals surface area contributed by atoms with Gasteiger partial charge in [0.25, 0.3) is 0 Å². The van der Waals surface area contributed by atoms with Gasteiger partial charge in [-0.1, -0.05) is 33.1 Å². The molecule has 5 aliphatic rings. The van der Waals surface area contributed by atoms with Gasteiger partial charge < -0.3 is 10.2 Å². The molecule has 0 aromatic carbocycles. The fourth-order valence-corrected chi connectivity index (χ4v) is 8.46. The molecule has 0 aromatic heterocycles. The molecule has 0 aromatic rings. The normalized spacial score (nSPS) is 45.2. The molecule has 2 nitrogen and oxygen atoms in total. The highest BCUT2D eigenvalue weighted by Gasteiger charge is 2.52. The van der Waals surface area contributed by atoms with Crippen molar-refractivity contribution in [3.8, 4) is 0 Å². The van der Waals surface area contributed by atoms with Gasteiger partial charge >= 0.3 is 0 Å². The van der Waals surface area contributed by atoms with E-state index in [9.17, 15) is 0 Å². The van der Waals surface area contributed by atoms with Gasteiger partial charge in [-0.15, -0.1) is 0 Å². The third-order valence-electron chi connectivity index (χ3n) is 9.41. The predicted molar refractivity (Wildman–Crippen MR) is 108 cm³/mol. The summed E-state index contributed by atoms with van der Waals surface area (Å²) < 4.78 is 0. The minimum atomic E-state index is 0.844. The van der Waals surface area contributed by atoms with E-state index in [1.54, 1.807) is 37.8 Å². The first-order chi connectivity index (χ1) is 12.8. The average Bonchev–Trinajstić information content (AvgIpc) is 3.30. The second-order valence-corrected chi connectivity index (χ2v) is 10.1. The Kier molecular flexibility index (Phi) is 4.73. The summed E-state index contributed by atoms with van der Waals surface area (Å²) in [4.78, 5) is 2.82. The molecule has 0 amide bonds. The summed E-state index contributed by atoms with van der Waals surface area (Å²) in [5.74, 6) is 6.49. The first-order valence-electron chi connectivity index (χ1n) is 12.0. The zero-order valence-electron chi connectivity index (χ0n) is 17.2. The zero-order chi connectivity index (χ0) is 17.7. The van der Waals surface area contributed by atoms with Crippen molar-refractivity contribution in [3.63, 3.8) is 0 Å². The Morgan fingerprint density at radius 3 is 2.27 bits per heavy atom. The highest BCUT2D eigenvalue weighted by atomic mass is 15.3. The van der Waals surface area contributed by atoms with Crippen LogP contribution in [0.25, 0.3) is 0 Å². The molecular weight excluding hydrogens is 316 g/mol. The Balaban J connectivity index is 1.33. The second kappa shape index (κ2) is 7.06. The lowest BCUT2D eigenvalue weighted by molar-refractivity contribution is -0.0273. The number of fused-ring (bicyclic) bond motifs is 5. The minimum absolute atomic E-state index is 0.844. The molecule has 146 valence electrons. The van der Waals surface area contributed by atoms with Gasteiger partial charge in [0, 0.05) is 17.4 Å². The van der Waals surface area contributed by atoms with Gasteiger partial charge in [-0.25, -0.2) is 0 Å². The molecule has 0 spiro atoms. The first kappa shape index (κ1) is 17.4. The highest BCUT2D eigenvalue weighted by Crippen LogP contribution is 2.58. The van der Waals surface area contributed by atoms with Crippen LogP contribution in [0.15, 0.2) is 11.4 Å². The maximum absolute atomic E-state index is 3.73. The van der Waals surface area contributed by atoms with Gasteiger partial charge in [0.2, 0.25) is 0 Å². The van der Waals surface area contributed by atoms with Crippen LogP contribution in [0.4, 0.5) is 0 Å². The van der Waals surface area contributed by atoms with Crippen LogP contribution in [0.5, 0.6) is 0 Å². The topological polar surface area (TPSA) is 15.3 Å². The number of hydrogen-bond donors (Lipinski definition) is 1. The van der Waals surface area contributed by atoms with Gasteiger partial charge in [-0.3, -0.25) is 0 Å². The predicted octanol–water partition coefficient (Wildman–Crippen LogP) is 5.90. The Labute approximate surface area is 161 Å². The van der Waals surface area contributed by atoms with E-state index in [0.717, 1.165) is 48.2 Å². The van der Waals surface area contributed by atoms with Crippen LogP contribution < -0.4 is 5.32 Å². The van der Waals surface area contributed by atoms with Gasteiger partial charge in [-0.05, 0) is 93.3 Å². The molecule has 4 fully saturated rings. The molecule has 5 rings (SSSR count). The van der Waals surface area contributed by atoms with Gasteiger partial charge in [0.05, 0.1) is 6.67 Å². The molecule has 0 radical (unpaired) electrons. The van der Waals surface area contributed by atoms with Crippen LogP contribution in [0.2, 0.25) is 0 Å². The van der Waals surface area contributed by atoms with Gasteiger partial charge in [0.1, 0.15) is 0 Å². The van der Waals surface area contributed by atoms with Crippen LogP contribution in [0.3, 0.4) is 0 Å². The summed E-state index contributed by atoms with van der Waals surface area (Å²) in [5.41, 5.74) is 3.18. The quantitative estimate of drug-likeness (QED) is 0.677. The van der Waals surface area contributed by atoms with Crippen LogP contribution in [0, 0.1) is 35.5 Å². The lowest BCUT2D eigenvalue weighted by Gasteiger charge is -2.52. The molecule has 4 saturated carbocycles. The monoisotopic (exact) mass is 356 g/mol. The molecule has 4 aliphatic carbocycles. The number of rotatable bonds is 3. The van der Waals surface area contributed by atoms with Crippen molar-refractivity contribution < 1.29 is 0 Å². The average molecular weight is 357 g/mol. The van der Waals surface area contributed by atoms with Crippen molar-refractivity contribution in [2.24, 2.45) is 35.5 Å². The molecule has 7 unspecified atom stereocenters. The summed E-state index contributed by atoms with van der Waals surface area (Å²) in [6.45, 7) is 5.77. The lowest BCUT2D eigenvalue weighted by Crippen LogP contribution is -2.47. The van der Waals surface area contributed by atoms with Crippen LogP contribution in [-0.4, -0.2) is 17.6 Å². The summed E-state index contributed by atoms with van der Waals surface area (Å²) >= 11 is 0. The molecule has 2 heteroatoms. The van der Waals surface area contributed by atoms with Crippen LogP contribution in [-0.2, 0) is 0 Å². The van der Waals surface area contributed by atoms with E-state index >= 15 is 0 Å². The Morgan fingerprint density at radius 2 is 1.42 bits per heavy atom. The van der Waals surface area contributed by atoms with E-state index in [4.69, 9.17) is 0 Å². The third-order valence-corrected chi connectivity index (χ3v) is 9.41. The molecule has 26 heavy (non-hydrogen) atoms. The van der Waals surface area contributed by atoms with E-state index in [2.05, 4.69) is 24.1 Å². The molecule has 1 heterocycles. The zero-order valence-corrected chi connectivity index (χ0v) is 17.2. The molecule has 0 bridgehead atoms. The SMILES string of the molecule is CCC1=C(CC)N(C2CCC3C4CCC5CCCCC5C4CCC32)CN1. The molecule has 1 N–H and O–H groups in total. The maximum Gasteiger partial charge on any atom is 0.0875 e. The smallest absolute Gasteiger partial charge is 0.0875 e. The van der Waals surface area contributed by atoms with Crippen molar-refractivity contribution in [2.75, 3.05) is 6.67 Å². The standard InChI is InChI=1S/C24H40N2/c1-3-22-23(4-2)26(15-25-22)24-14-13-20-19-10-9-16-7-5-6-8-17(16)18(19)11-12-21(20)24/h16-21,24-25H,3-15H2,1-2H3. The largest absolute Gasteiger partial charge is 0.370 e. The molecule has 0 saturated heterocycles. The first-order valence-corrected chi connectivity index (χ1v) is 12.0. The number of nitrogens with one attached hydrogen (secondary N) is 1. The van der Waals surface area contributed by atoms with Gasteiger partial charge in [0.15, 0.2) is 0 Å². The Morgan fingerprint density at radius 1 is 0.731 bits per heavy atom. The molecular formula is C24H40N2. The maximum atomic E-state index is 3.73. The fourth-order valence-electron chi connectivity index (χ4n) is 8.46. The van der Waals surface area contributed by atoms with Crippen molar-refractivity contribution in [1.82, 2.24) is 10.2 Å².